The summed E-state index contributed by atoms with van der Waals surface area (Å²) in [5.41, 5.74) is 0. The van der Waals surface area contributed by atoms with Crippen molar-refractivity contribution in [3.63, 3.8) is 0 Å². The molecule has 0 aromatic rings. The molecule has 0 radical (unpaired) electrons. The highest BCUT2D eigenvalue weighted by Gasteiger charge is 2.05. The first kappa shape index (κ1) is 11.9. The largest absolute Gasteiger partial charge is 0.464 e. The normalized spacial score (nSPS) is 9.85. The summed E-state index contributed by atoms with van der Waals surface area (Å²) in [6.07, 6.45) is 0. The fraction of sp³-hybridized carbons (Fsp3) is 0.750. The summed E-state index contributed by atoms with van der Waals surface area (Å²) in [4.78, 5) is 25.7. The third-order valence-electron chi connectivity index (χ3n) is 1.26. The molecule has 0 aliphatic heterocycles. The van der Waals surface area contributed by atoms with Crippen LogP contribution in [0.4, 0.5) is 0 Å². The molecule has 0 aromatic heterocycles. The van der Waals surface area contributed by atoms with Crippen LogP contribution in [-0.4, -0.2) is 36.7 Å². The van der Waals surface area contributed by atoms with Crippen LogP contribution < -0.4 is 0 Å². The van der Waals surface area contributed by atoms with Crippen molar-refractivity contribution >= 4 is 11.9 Å². The average molecular weight is 189 g/mol. The van der Waals surface area contributed by atoms with Crippen LogP contribution in [0.1, 0.15) is 20.8 Å². The SMILES string of the molecule is CCN(CCOC(C)=O)OC(C)=O. The van der Waals surface area contributed by atoms with Crippen molar-refractivity contribution in [1.29, 1.82) is 0 Å². The summed E-state index contributed by atoms with van der Waals surface area (Å²) in [7, 11) is 0. The van der Waals surface area contributed by atoms with Crippen LogP contribution in [0.15, 0.2) is 0 Å². The van der Waals surface area contributed by atoms with Crippen molar-refractivity contribution in [2.24, 2.45) is 0 Å². The molecule has 0 fully saturated rings. The van der Waals surface area contributed by atoms with Crippen LogP contribution in [-0.2, 0) is 19.2 Å². The van der Waals surface area contributed by atoms with Crippen molar-refractivity contribution in [1.82, 2.24) is 5.06 Å². The molecule has 0 aliphatic rings. The van der Waals surface area contributed by atoms with Gasteiger partial charge in [-0.05, 0) is 6.92 Å². The quantitative estimate of drug-likeness (QED) is 0.461. The van der Waals surface area contributed by atoms with E-state index in [0.717, 1.165) is 0 Å². The number of esters is 1. The van der Waals surface area contributed by atoms with E-state index >= 15 is 0 Å². The Balaban J connectivity index is 3.59. The lowest BCUT2D eigenvalue weighted by Crippen LogP contribution is -2.30. The van der Waals surface area contributed by atoms with Crippen molar-refractivity contribution in [2.75, 3.05) is 19.7 Å². The molecule has 0 atom stereocenters. The zero-order chi connectivity index (χ0) is 10.3. The zero-order valence-electron chi connectivity index (χ0n) is 8.20. The highest BCUT2D eigenvalue weighted by Crippen LogP contribution is 1.91. The molecule has 76 valence electrons. The van der Waals surface area contributed by atoms with Crippen LogP contribution >= 0.6 is 0 Å². The summed E-state index contributed by atoms with van der Waals surface area (Å²) in [6, 6.07) is 0. The Morgan fingerprint density at radius 2 is 1.85 bits per heavy atom. The van der Waals surface area contributed by atoms with E-state index in [-0.39, 0.29) is 18.5 Å². The van der Waals surface area contributed by atoms with E-state index in [1.165, 1.54) is 18.9 Å². The summed E-state index contributed by atoms with van der Waals surface area (Å²) >= 11 is 0. The molecule has 0 saturated heterocycles. The molecule has 0 saturated carbocycles. The van der Waals surface area contributed by atoms with Gasteiger partial charge in [0.2, 0.25) is 0 Å². The van der Waals surface area contributed by atoms with Crippen LogP contribution in [0.3, 0.4) is 0 Å². The van der Waals surface area contributed by atoms with Gasteiger partial charge in [0.1, 0.15) is 6.61 Å². The van der Waals surface area contributed by atoms with E-state index in [1.807, 2.05) is 6.92 Å². The maximum Gasteiger partial charge on any atom is 0.322 e. The standard InChI is InChI=1S/C8H15NO4/c1-4-9(13-8(3)11)5-6-12-7(2)10/h4-6H2,1-3H3. The Hall–Kier alpha value is -1.10. The predicted octanol–water partition coefficient (Wildman–Crippen LogP) is 0.349. The van der Waals surface area contributed by atoms with Gasteiger partial charge in [-0.25, -0.2) is 0 Å². The fourth-order valence-electron chi connectivity index (χ4n) is 0.741. The first-order valence-electron chi connectivity index (χ1n) is 4.13. The molecule has 5 nitrogen and oxygen atoms in total. The maximum absolute atomic E-state index is 10.5. The third-order valence-corrected chi connectivity index (χ3v) is 1.26. The minimum Gasteiger partial charge on any atom is -0.464 e. The second kappa shape index (κ2) is 6.42. The average Bonchev–Trinajstić information content (AvgIpc) is 2.01. The van der Waals surface area contributed by atoms with Gasteiger partial charge in [0.05, 0.1) is 6.54 Å². The van der Waals surface area contributed by atoms with E-state index in [9.17, 15) is 9.59 Å². The summed E-state index contributed by atoms with van der Waals surface area (Å²) in [5.74, 6) is -0.705. The lowest BCUT2D eigenvalue weighted by atomic mass is 10.6. The molecule has 0 amide bonds. The number of nitrogens with zero attached hydrogens (tertiary/aromatic N) is 1. The number of hydroxylamine groups is 2. The number of rotatable bonds is 5. The number of carbonyl (C=O) groups is 2. The van der Waals surface area contributed by atoms with Gasteiger partial charge < -0.3 is 9.57 Å². The molecule has 0 heterocycles. The lowest BCUT2D eigenvalue weighted by molar-refractivity contribution is -0.189. The number of ether oxygens (including phenoxy) is 1. The Morgan fingerprint density at radius 3 is 2.23 bits per heavy atom. The Bertz CT molecular complexity index is 181. The van der Waals surface area contributed by atoms with Gasteiger partial charge in [0.15, 0.2) is 0 Å². The second-order valence-corrected chi connectivity index (χ2v) is 2.44. The van der Waals surface area contributed by atoms with E-state index in [0.29, 0.717) is 13.1 Å². The van der Waals surface area contributed by atoms with Crippen LogP contribution in [0.25, 0.3) is 0 Å². The molecule has 0 bridgehead atoms. The summed E-state index contributed by atoms with van der Waals surface area (Å²) in [5, 5.41) is 1.44. The van der Waals surface area contributed by atoms with Crippen LogP contribution in [0.2, 0.25) is 0 Å². The van der Waals surface area contributed by atoms with E-state index in [2.05, 4.69) is 4.74 Å². The van der Waals surface area contributed by atoms with Crippen LogP contribution in [0, 0.1) is 0 Å². The highest BCUT2D eigenvalue weighted by molar-refractivity contribution is 5.66. The van der Waals surface area contributed by atoms with Crippen LogP contribution in [0.5, 0.6) is 0 Å². The molecular formula is C8H15NO4. The number of carbonyl (C=O) groups excluding carboxylic acids is 2. The lowest BCUT2D eigenvalue weighted by Gasteiger charge is -2.17. The smallest absolute Gasteiger partial charge is 0.322 e. The maximum atomic E-state index is 10.5. The van der Waals surface area contributed by atoms with E-state index in [1.54, 1.807) is 0 Å². The first-order valence-corrected chi connectivity index (χ1v) is 4.13. The van der Waals surface area contributed by atoms with Crippen molar-refractivity contribution in [3.05, 3.63) is 0 Å². The minimum absolute atomic E-state index is 0.233. The fourth-order valence-corrected chi connectivity index (χ4v) is 0.741. The van der Waals surface area contributed by atoms with Gasteiger partial charge >= 0.3 is 11.9 Å². The monoisotopic (exact) mass is 189 g/mol. The van der Waals surface area contributed by atoms with Crippen molar-refractivity contribution in [2.45, 2.75) is 20.8 Å². The molecular weight excluding hydrogens is 174 g/mol. The topological polar surface area (TPSA) is 55.8 Å². The molecule has 5 heteroatoms. The summed E-state index contributed by atoms with van der Waals surface area (Å²) < 4.78 is 4.68. The van der Waals surface area contributed by atoms with Crippen molar-refractivity contribution < 1.29 is 19.2 Å². The van der Waals surface area contributed by atoms with Gasteiger partial charge in [-0.3, -0.25) is 9.59 Å². The molecule has 0 spiro atoms. The second-order valence-electron chi connectivity index (χ2n) is 2.44. The molecule has 0 aromatic carbocycles. The zero-order valence-corrected chi connectivity index (χ0v) is 8.20. The number of hydrogen-bond acceptors (Lipinski definition) is 5. The Labute approximate surface area is 77.6 Å². The third kappa shape index (κ3) is 7.27. The molecule has 0 N–H and O–H groups in total. The van der Waals surface area contributed by atoms with Crippen molar-refractivity contribution in [3.8, 4) is 0 Å². The minimum atomic E-state index is -0.371. The van der Waals surface area contributed by atoms with Gasteiger partial charge in [0.25, 0.3) is 0 Å². The molecule has 0 unspecified atom stereocenters. The van der Waals surface area contributed by atoms with Gasteiger partial charge in [-0.1, -0.05) is 0 Å². The Kier molecular flexibility index (Phi) is 5.88. The van der Waals surface area contributed by atoms with Gasteiger partial charge in [0, 0.05) is 20.4 Å². The molecule has 13 heavy (non-hydrogen) atoms. The predicted molar refractivity (Wildman–Crippen MR) is 45.6 cm³/mol. The highest BCUT2D eigenvalue weighted by atomic mass is 16.7. The number of hydrogen-bond donors (Lipinski definition) is 0. The van der Waals surface area contributed by atoms with E-state index in [4.69, 9.17) is 4.84 Å². The van der Waals surface area contributed by atoms with E-state index < -0.39 is 0 Å². The van der Waals surface area contributed by atoms with Gasteiger partial charge in [-0.15, -0.1) is 5.06 Å². The molecule has 0 rings (SSSR count). The first-order chi connectivity index (χ1) is 6.06. The number of likely N-dealkylation sites (N-methyl/N-ethyl adjacent to an activating group) is 1. The summed E-state index contributed by atoms with van der Waals surface area (Å²) in [6.45, 7) is 5.71. The van der Waals surface area contributed by atoms with Gasteiger partial charge in [-0.2, -0.15) is 0 Å². The Morgan fingerprint density at radius 1 is 1.23 bits per heavy atom. The molecule has 0 aliphatic carbocycles.